The van der Waals surface area contributed by atoms with Crippen LogP contribution in [0.5, 0.6) is 5.75 Å². The van der Waals surface area contributed by atoms with Crippen molar-refractivity contribution in [2.75, 3.05) is 58.3 Å². The van der Waals surface area contributed by atoms with Crippen LogP contribution in [-0.4, -0.2) is 69.3 Å². The van der Waals surface area contributed by atoms with E-state index in [2.05, 4.69) is 61.8 Å². The fourth-order valence-electron chi connectivity index (χ4n) is 3.58. The van der Waals surface area contributed by atoms with Crippen molar-refractivity contribution in [3.8, 4) is 5.75 Å². The fourth-order valence-corrected chi connectivity index (χ4v) is 4.48. The van der Waals surface area contributed by atoms with E-state index >= 15 is 0 Å². The van der Waals surface area contributed by atoms with Crippen LogP contribution >= 0.6 is 11.3 Å². The average Bonchev–Trinajstić information content (AvgIpc) is 3.29. The summed E-state index contributed by atoms with van der Waals surface area (Å²) in [6.07, 6.45) is 1.10. The lowest BCUT2D eigenvalue weighted by atomic mass is 10.2. The predicted molar refractivity (Wildman–Crippen MR) is 131 cm³/mol. The van der Waals surface area contributed by atoms with E-state index in [-0.39, 0.29) is 0 Å². The molecular weight excluding hydrogens is 408 g/mol. The van der Waals surface area contributed by atoms with Gasteiger partial charge < -0.3 is 20.3 Å². The van der Waals surface area contributed by atoms with Gasteiger partial charge >= 0.3 is 0 Å². The van der Waals surface area contributed by atoms with Crippen LogP contribution in [0.4, 0.5) is 5.69 Å². The SMILES string of the molecule is CN=C(NCCCN1CCN(c2ccc(OC)cc2)CC1)NCc1nc(C(C)C)cs1. The molecule has 2 aromatic rings. The van der Waals surface area contributed by atoms with Crippen LogP contribution in [0.25, 0.3) is 0 Å². The lowest BCUT2D eigenvalue weighted by Crippen LogP contribution is -2.47. The van der Waals surface area contributed by atoms with Gasteiger partial charge in [-0.25, -0.2) is 4.98 Å². The van der Waals surface area contributed by atoms with Crippen molar-refractivity contribution in [3.63, 3.8) is 0 Å². The molecular formula is C23H36N6OS. The third-order valence-corrected chi connectivity index (χ3v) is 6.41. The van der Waals surface area contributed by atoms with Crippen LogP contribution in [-0.2, 0) is 6.54 Å². The number of piperazine rings is 1. The topological polar surface area (TPSA) is 65.0 Å². The normalized spacial score (nSPS) is 15.4. The quantitative estimate of drug-likeness (QED) is 0.352. The highest BCUT2D eigenvalue weighted by molar-refractivity contribution is 7.09. The molecule has 0 spiro atoms. The molecule has 170 valence electrons. The Kier molecular flexibility index (Phi) is 8.97. The average molecular weight is 445 g/mol. The molecule has 31 heavy (non-hydrogen) atoms. The highest BCUT2D eigenvalue weighted by atomic mass is 32.1. The molecule has 0 saturated carbocycles. The highest BCUT2D eigenvalue weighted by Crippen LogP contribution is 2.20. The van der Waals surface area contributed by atoms with Gasteiger partial charge in [0.05, 0.1) is 19.3 Å². The van der Waals surface area contributed by atoms with Crippen LogP contribution in [0, 0.1) is 0 Å². The number of anilines is 1. The number of methoxy groups -OCH3 is 1. The number of benzene rings is 1. The van der Waals surface area contributed by atoms with E-state index in [1.165, 1.54) is 5.69 Å². The van der Waals surface area contributed by atoms with E-state index in [1.54, 1.807) is 18.4 Å². The largest absolute Gasteiger partial charge is 0.497 e. The molecule has 0 unspecified atom stereocenters. The number of hydrogen-bond donors (Lipinski definition) is 2. The van der Waals surface area contributed by atoms with Crippen molar-refractivity contribution < 1.29 is 4.74 Å². The summed E-state index contributed by atoms with van der Waals surface area (Å²) in [7, 11) is 3.52. The van der Waals surface area contributed by atoms with Crippen LogP contribution in [0.15, 0.2) is 34.6 Å². The molecule has 0 aliphatic carbocycles. The molecule has 1 aliphatic heterocycles. The second-order valence-electron chi connectivity index (χ2n) is 8.05. The Balaban J connectivity index is 1.31. The molecule has 2 heterocycles. The number of nitrogens with zero attached hydrogens (tertiary/aromatic N) is 4. The minimum absolute atomic E-state index is 0.473. The molecule has 0 radical (unpaired) electrons. The lowest BCUT2D eigenvalue weighted by Gasteiger charge is -2.36. The Morgan fingerprint density at radius 1 is 1.16 bits per heavy atom. The number of aliphatic imine (C=N–C) groups is 1. The summed E-state index contributed by atoms with van der Waals surface area (Å²) in [6, 6.07) is 8.36. The van der Waals surface area contributed by atoms with Crippen LogP contribution < -0.4 is 20.3 Å². The number of guanidine groups is 1. The minimum atomic E-state index is 0.473. The zero-order chi connectivity index (χ0) is 22.1. The van der Waals surface area contributed by atoms with E-state index in [0.29, 0.717) is 12.5 Å². The van der Waals surface area contributed by atoms with Gasteiger partial charge in [0.25, 0.3) is 0 Å². The van der Waals surface area contributed by atoms with E-state index in [4.69, 9.17) is 4.74 Å². The maximum absolute atomic E-state index is 5.25. The van der Waals surface area contributed by atoms with E-state index < -0.39 is 0 Å². The van der Waals surface area contributed by atoms with Gasteiger partial charge in [-0.2, -0.15) is 0 Å². The van der Waals surface area contributed by atoms with Crippen LogP contribution in [0.3, 0.4) is 0 Å². The summed E-state index contributed by atoms with van der Waals surface area (Å²) in [4.78, 5) is 14.0. The van der Waals surface area contributed by atoms with Gasteiger partial charge in [-0.05, 0) is 43.1 Å². The highest BCUT2D eigenvalue weighted by Gasteiger charge is 2.16. The summed E-state index contributed by atoms with van der Waals surface area (Å²) in [5, 5.41) is 10.0. The molecule has 1 aromatic carbocycles. The number of aromatic nitrogens is 1. The zero-order valence-electron chi connectivity index (χ0n) is 19.2. The summed E-state index contributed by atoms with van der Waals surface area (Å²) >= 11 is 1.70. The first-order chi connectivity index (χ1) is 15.1. The first kappa shape index (κ1) is 23.3. The van der Waals surface area contributed by atoms with Gasteiger partial charge in [0.15, 0.2) is 5.96 Å². The summed E-state index contributed by atoms with van der Waals surface area (Å²) in [5.41, 5.74) is 2.44. The summed E-state index contributed by atoms with van der Waals surface area (Å²) < 4.78 is 5.25. The minimum Gasteiger partial charge on any atom is -0.497 e. The van der Waals surface area contributed by atoms with Gasteiger partial charge in [0.2, 0.25) is 0 Å². The standard InChI is InChI=1S/C23H36N6OS/c1-18(2)21-17-31-22(27-21)16-26-23(24-3)25-10-5-11-28-12-14-29(15-13-28)19-6-8-20(30-4)9-7-19/h6-9,17-18H,5,10-16H2,1-4H3,(H2,24,25,26). The number of hydrogen-bond acceptors (Lipinski definition) is 6. The summed E-state index contributed by atoms with van der Waals surface area (Å²) in [6.45, 7) is 11.4. The Morgan fingerprint density at radius 2 is 1.90 bits per heavy atom. The third kappa shape index (κ3) is 7.11. The molecule has 8 heteroatoms. The molecule has 1 saturated heterocycles. The third-order valence-electron chi connectivity index (χ3n) is 5.55. The maximum atomic E-state index is 5.25. The van der Waals surface area contributed by atoms with E-state index in [1.807, 2.05) is 19.2 Å². The first-order valence-electron chi connectivity index (χ1n) is 11.1. The molecule has 7 nitrogen and oxygen atoms in total. The van der Waals surface area contributed by atoms with Crippen molar-refractivity contribution >= 4 is 23.0 Å². The van der Waals surface area contributed by atoms with Gasteiger partial charge in [-0.3, -0.25) is 9.89 Å². The lowest BCUT2D eigenvalue weighted by molar-refractivity contribution is 0.255. The Hall–Kier alpha value is -2.32. The molecule has 0 amide bonds. The molecule has 1 aromatic heterocycles. The van der Waals surface area contributed by atoms with Gasteiger partial charge in [0, 0.05) is 50.8 Å². The van der Waals surface area contributed by atoms with Crippen molar-refractivity contribution in [2.45, 2.75) is 32.7 Å². The summed E-state index contributed by atoms with van der Waals surface area (Å²) in [5.74, 6) is 2.22. The number of thiazole rings is 1. The smallest absolute Gasteiger partial charge is 0.191 e. The monoisotopic (exact) mass is 444 g/mol. The second kappa shape index (κ2) is 11.9. The molecule has 0 bridgehead atoms. The van der Waals surface area contributed by atoms with Crippen molar-refractivity contribution in [1.82, 2.24) is 20.5 Å². The Bertz CT molecular complexity index is 812. The number of ether oxygens (including phenoxy) is 1. The maximum Gasteiger partial charge on any atom is 0.191 e. The zero-order valence-corrected chi connectivity index (χ0v) is 20.0. The molecule has 1 aliphatic rings. The Labute approximate surface area is 190 Å². The fraction of sp³-hybridized carbons (Fsp3) is 0.565. The van der Waals surface area contributed by atoms with Crippen LogP contribution in [0.1, 0.15) is 36.9 Å². The predicted octanol–water partition coefficient (Wildman–Crippen LogP) is 3.15. The number of rotatable bonds is 9. The van der Waals surface area contributed by atoms with Crippen molar-refractivity contribution in [2.24, 2.45) is 4.99 Å². The molecule has 1 fully saturated rings. The molecule has 0 atom stereocenters. The number of nitrogens with one attached hydrogen (secondary N) is 2. The van der Waals surface area contributed by atoms with Gasteiger partial charge in [0.1, 0.15) is 10.8 Å². The molecule has 2 N–H and O–H groups in total. The van der Waals surface area contributed by atoms with Crippen LogP contribution in [0.2, 0.25) is 0 Å². The second-order valence-corrected chi connectivity index (χ2v) is 9.00. The van der Waals surface area contributed by atoms with E-state index in [0.717, 1.165) is 68.1 Å². The molecule has 3 rings (SSSR count). The van der Waals surface area contributed by atoms with Crippen molar-refractivity contribution in [1.29, 1.82) is 0 Å². The van der Waals surface area contributed by atoms with Gasteiger partial charge in [-0.1, -0.05) is 13.8 Å². The van der Waals surface area contributed by atoms with Gasteiger partial charge in [-0.15, -0.1) is 11.3 Å². The van der Waals surface area contributed by atoms with Crippen molar-refractivity contribution in [3.05, 3.63) is 40.3 Å². The first-order valence-corrected chi connectivity index (χ1v) is 12.0. The van der Waals surface area contributed by atoms with E-state index in [9.17, 15) is 0 Å². The Morgan fingerprint density at radius 3 is 2.52 bits per heavy atom.